The summed E-state index contributed by atoms with van der Waals surface area (Å²) in [4.78, 5) is 20.1. The third-order valence-electron chi connectivity index (χ3n) is 5.19. The van der Waals surface area contributed by atoms with Crippen LogP contribution in [0.15, 0.2) is 55.0 Å². The van der Waals surface area contributed by atoms with Gasteiger partial charge in [0.25, 0.3) is 0 Å². The fourth-order valence-electron chi connectivity index (χ4n) is 3.65. The van der Waals surface area contributed by atoms with Gasteiger partial charge in [0.15, 0.2) is 0 Å². The average molecular weight is 400 g/mol. The highest BCUT2D eigenvalue weighted by molar-refractivity contribution is 5.63. The first-order valence-electron chi connectivity index (χ1n) is 10.0. The molecule has 1 saturated heterocycles. The largest absolute Gasteiger partial charge is 0.367 e. The van der Waals surface area contributed by atoms with Crippen LogP contribution in [0.2, 0.25) is 0 Å². The quantitative estimate of drug-likeness (QED) is 0.653. The highest BCUT2D eigenvalue weighted by Gasteiger charge is 2.19. The molecule has 0 unspecified atom stereocenters. The van der Waals surface area contributed by atoms with Crippen LogP contribution in [-0.4, -0.2) is 60.1 Å². The molecule has 0 atom stereocenters. The van der Waals surface area contributed by atoms with Gasteiger partial charge >= 0.3 is 0 Å². The summed E-state index contributed by atoms with van der Waals surface area (Å²) < 4.78 is 0. The second kappa shape index (κ2) is 8.89. The number of nitrogens with zero attached hydrogens (tertiary/aromatic N) is 7. The van der Waals surface area contributed by atoms with Crippen molar-refractivity contribution in [3.8, 4) is 17.2 Å². The van der Waals surface area contributed by atoms with Crippen LogP contribution in [-0.2, 0) is 6.54 Å². The summed E-state index contributed by atoms with van der Waals surface area (Å²) in [5.74, 6) is 0.765. The zero-order chi connectivity index (χ0) is 20.9. The molecule has 0 spiro atoms. The minimum Gasteiger partial charge on any atom is -0.367 e. The smallest absolute Gasteiger partial charge is 0.225 e. The Labute approximate surface area is 177 Å². The van der Waals surface area contributed by atoms with Gasteiger partial charge in [-0.25, -0.2) is 15.0 Å². The number of anilines is 2. The van der Waals surface area contributed by atoms with Gasteiger partial charge in [-0.3, -0.25) is 0 Å². The lowest BCUT2D eigenvalue weighted by molar-refractivity contribution is 0.402. The maximum Gasteiger partial charge on any atom is 0.225 e. The summed E-state index contributed by atoms with van der Waals surface area (Å²) in [6, 6.07) is 14.3. The van der Waals surface area contributed by atoms with Crippen LogP contribution in [0.25, 0.3) is 11.1 Å². The fraction of sp³-hybridized carbons (Fsp3) is 0.304. The van der Waals surface area contributed by atoms with Gasteiger partial charge < -0.3 is 14.7 Å². The van der Waals surface area contributed by atoms with Gasteiger partial charge in [-0.2, -0.15) is 5.26 Å². The van der Waals surface area contributed by atoms with Crippen molar-refractivity contribution in [1.29, 1.82) is 5.26 Å². The fourth-order valence-corrected chi connectivity index (χ4v) is 3.65. The SMILES string of the molecule is CN(C)Cc1cccc(-c2cnc(N3CCN(c4ccc(C#N)nc4)CC3)nc2)c1. The summed E-state index contributed by atoms with van der Waals surface area (Å²) >= 11 is 0. The maximum atomic E-state index is 8.89. The van der Waals surface area contributed by atoms with Crippen molar-refractivity contribution < 1.29 is 0 Å². The van der Waals surface area contributed by atoms with E-state index >= 15 is 0 Å². The molecule has 30 heavy (non-hydrogen) atoms. The third kappa shape index (κ3) is 4.56. The molecule has 3 aromatic rings. The van der Waals surface area contributed by atoms with E-state index in [0.717, 1.165) is 55.5 Å². The molecule has 1 aromatic carbocycles. The van der Waals surface area contributed by atoms with Crippen LogP contribution in [0.5, 0.6) is 0 Å². The van der Waals surface area contributed by atoms with Crippen LogP contribution in [0, 0.1) is 11.3 Å². The summed E-state index contributed by atoms with van der Waals surface area (Å²) in [5, 5.41) is 8.89. The molecule has 1 aliphatic heterocycles. The second-order valence-electron chi connectivity index (χ2n) is 7.70. The molecule has 3 heterocycles. The lowest BCUT2D eigenvalue weighted by Gasteiger charge is -2.35. The molecule has 0 aliphatic carbocycles. The summed E-state index contributed by atoms with van der Waals surface area (Å²) in [5.41, 5.74) is 4.93. The standard InChI is InChI=1S/C23H25N7/c1-28(2)17-18-4-3-5-19(12-18)20-14-26-23(27-15-20)30-10-8-29(9-11-30)22-7-6-21(13-24)25-16-22/h3-7,12,14-16H,8-11,17H2,1-2H3. The maximum absolute atomic E-state index is 8.89. The molecular weight excluding hydrogens is 374 g/mol. The molecular formula is C23H25N7. The Kier molecular flexibility index (Phi) is 5.87. The number of aromatic nitrogens is 3. The van der Waals surface area contributed by atoms with Gasteiger partial charge in [0.05, 0.1) is 11.9 Å². The van der Waals surface area contributed by atoms with Crippen LogP contribution in [0.1, 0.15) is 11.3 Å². The van der Waals surface area contributed by atoms with Gasteiger partial charge in [-0.15, -0.1) is 0 Å². The van der Waals surface area contributed by atoms with E-state index in [1.54, 1.807) is 12.3 Å². The second-order valence-corrected chi connectivity index (χ2v) is 7.70. The van der Waals surface area contributed by atoms with Crippen molar-refractivity contribution in [3.05, 3.63) is 66.2 Å². The predicted molar refractivity (Wildman–Crippen MR) is 118 cm³/mol. The third-order valence-corrected chi connectivity index (χ3v) is 5.19. The zero-order valence-electron chi connectivity index (χ0n) is 17.4. The number of pyridine rings is 1. The van der Waals surface area contributed by atoms with Crippen molar-refractivity contribution in [3.63, 3.8) is 0 Å². The first-order valence-corrected chi connectivity index (χ1v) is 10.0. The minimum atomic E-state index is 0.443. The molecule has 7 heteroatoms. The van der Waals surface area contributed by atoms with Crippen molar-refractivity contribution in [1.82, 2.24) is 19.9 Å². The monoisotopic (exact) mass is 399 g/mol. The van der Waals surface area contributed by atoms with Crippen LogP contribution < -0.4 is 9.80 Å². The molecule has 1 aliphatic rings. The van der Waals surface area contributed by atoms with E-state index in [1.165, 1.54) is 5.56 Å². The lowest BCUT2D eigenvalue weighted by atomic mass is 10.1. The predicted octanol–water partition coefficient (Wildman–Crippen LogP) is 2.80. The molecule has 0 bridgehead atoms. The van der Waals surface area contributed by atoms with Crippen LogP contribution in [0.4, 0.5) is 11.6 Å². The summed E-state index contributed by atoms with van der Waals surface area (Å²) in [6.45, 7) is 4.33. The van der Waals surface area contributed by atoms with E-state index in [9.17, 15) is 0 Å². The van der Waals surface area contributed by atoms with Gasteiger partial charge in [0.1, 0.15) is 11.8 Å². The molecule has 0 N–H and O–H groups in total. The molecule has 4 rings (SSSR count). The van der Waals surface area contributed by atoms with Crippen molar-refractivity contribution in [2.75, 3.05) is 50.1 Å². The summed E-state index contributed by atoms with van der Waals surface area (Å²) in [6.07, 6.45) is 5.59. The first-order chi connectivity index (χ1) is 14.6. The van der Waals surface area contributed by atoms with Gasteiger partial charge in [-0.05, 0) is 43.4 Å². The van der Waals surface area contributed by atoms with Crippen molar-refractivity contribution >= 4 is 11.6 Å². The lowest BCUT2D eigenvalue weighted by Crippen LogP contribution is -2.47. The first kappa shape index (κ1) is 19.8. The molecule has 1 fully saturated rings. The van der Waals surface area contributed by atoms with Gasteiger partial charge in [0.2, 0.25) is 5.95 Å². The molecule has 0 saturated carbocycles. The highest BCUT2D eigenvalue weighted by atomic mass is 15.3. The van der Waals surface area contributed by atoms with Crippen molar-refractivity contribution in [2.45, 2.75) is 6.54 Å². The van der Waals surface area contributed by atoms with Gasteiger partial charge in [-0.1, -0.05) is 18.2 Å². The Balaban J connectivity index is 1.40. The normalized spacial score (nSPS) is 14.1. The summed E-state index contributed by atoms with van der Waals surface area (Å²) in [7, 11) is 4.14. The average Bonchev–Trinajstić information content (AvgIpc) is 2.79. The number of hydrogen-bond donors (Lipinski definition) is 0. The highest BCUT2D eigenvalue weighted by Crippen LogP contribution is 2.22. The molecule has 0 amide bonds. The molecule has 2 aromatic heterocycles. The molecule has 7 nitrogen and oxygen atoms in total. The zero-order valence-corrected chi connectivity index (χ0v) is 17.4. The van der Waals surface area contributed by atoms with Gasteiger partial charge in [0, 0.05) is 50.7 Å². The number of rotatable bonds is 5. The molecule has 0 radical (unpaired) electrons. The minimum absolute atomic E-state index is 0.443. The number of piperazine rings is 1. The number of hydrogen-bond acceptors (Lipinski definition) is 7. The Bertz CT molecular complexity index is 1010. The van der Waals surface area contributed by atoms with E-state index < -0.39 is 0 Å². The van der Waals surface area contributed by atoms with E-state index in [2.05, 4.69) is 74.1 Å². The Morgan fingerprint density at radius 3 is 2.27 bits per heavy atom. The van der Waals surface area contributed by atoms with E-state index in [0.29, 0.717) is 5.69 Å². The number of nitriles is 1. The van der Waals surface area contributed by atoms with Crippen molar-refractivity contribution in [2.24, 2.45) is 0 Å². The number of benzene rings is 1. The van der Waals surface area contributed by atoms with E-state index in [1.807, 2.05) is 18.5 Å². The van der Waals surface area contributed by atoms with Crippen LogP contribution >= 0.6 is 0 Å². The Morgan fingerprint density at radius 2 is 1.63 bits per heavy atom. The topological polar surface area (TPSA) is 72.2 Å². The molecule has 152 valence electrons. The Morgan fingerprint density at radius 1 is 0.900 bits per heavy atom. The van der Waals surface area contributed by atoms with E-state index in [4.69, 9.17) is 5.26 Å². The van der Waals surface area contributed by atoms with E-state index in [-0.39, 0.29) is 0 Å². The Hall–Kier alpha value is -3.50. The van der Waals surface area contributed by atoms with Crippen LogP contribution in [0.3, 0.4) is 0 Å².